The zero-order valence-corrected chi connectivity index (χ0v) is 10.4. The molecule has 0 aromatic heterocycles. The summed E-state index contributed by atoms with van der Waals surface area (Å²) in [7, 11) is 2.09. The van der Waals surface area contributed by atoms with Gasteiger partial charge in [-0.1, -0.05) is 0 Å². The van der Waals surface area contributed by atoms with E-state index in [1.807, 2.05) is 0 Å². The minimum Gasteiger partial charge on any atom is -0.480 e. The minimum atomic E-state index is -1.03. The summed E-state index contributed by atoms with van der Waals surface area (Å²) in [6.07, 6.45) is 2.15. The van der Waals surface area contributed by atoms with E-state index in [1.165, 1.54) is 6.92 Å². The average molecular weight is 243 g/mol. The molecule has 0 unspecified atom stereocenters. The predicted molar refractivity (Wildman–Crippen MR) is 63.9 cm³/mol. The monoisotopic (exact) mass is 243 g/mol. The van der Waals surface area contributed by atoms with Crippen molar-refractivity contribution in [3.8, 4) is 0 Å². The number of piperidine rings is 1. The van der Waals surface area contributed by atoms with Crippen LogP contribution in [0.25, 0.3) is 0 Å². The summed E-state index contributed by atoms with van der Waals surface area (Å²) in [6.45, 7) is 4.17. The van der Waals surface area contributed by atoms with Crippen LogP contribution in [-0.2, 0) is 4.79 Å². The fraction of sp³-hybridized carbons (Fsp3) is 0.818. The zero-order valence-electron chi connectivity index (χ0n) is 10.4. The first-order valence-corrected chi connectivity index (χ1v) is 5.94. The van der Waals surface area contributed by atoms with Crippen molar-refractivity contribution in [1.82, 2.24) is 15.5 Å². The second-order valence-electron chi connectivity index (χ2n) is 4.66. The topological polar surface area (TPSA) is 81.7 Å². The van der Waals surface area contributed by atoms with Crippen molar-refractivity contribution >= 4 is 12.0 Å². The average Bonchev–Trinajstić information content (AvgIpc) is 2.28. The van der Waals surface area contributed by atoms with Crippen LogP contribution in [-0.4, -0.2) is 54.7 Å². The normalized spacial score (nSPS) is 19.6. The van der Waals surface area contributed by atoms with Gasteiger partial charge in [0.1, 0.15) is 6.04 Å². The van der Waals surface area contributed by atoms with Crippen molar-refractivity contribution in [1.29, 1.82) is 0 Å². The lowest BCUT2D eigenvalue weighted by Crippen LogP contribution is -2.46. The number of hydrogen-bond donors (Lipinski definition) is 3. The van der Waals surface area contributed by atoms with Crippen LogP contribution in [0.15, 0.2) is 0 Å². The van der Waals surface area contributed by atoms with E-state index >= 15 is 0 Å². The van der Waals surface area contributed by atoms with E-state index < -0.39 is 18.0 Å². The molecule has 1 heterocycles. The number of urea groups is 1. The van der Waals surface area contributed by atoms with Crippen LogP contribution in [0.2, 0.25) is 0 Å². The Morgan fingerprint density at radius 3 is 2.53 bits per heavy atom. The van der Waals surface area contributed by atoms with Gasteiger partial charge in [-0.2, -0.15) is 0 Å². The molecule has 0 radical (unpaired) electrons. The summed E-state index contributed by atoms with van der Waals surface area (Å²) in [5, 5.41) is 13.7. The molecule has 1 rings (SSSR count). The predicted octanol–water partition coefficient (Wildman–Crippen LogP) is 0.101. The van der Waals surface area contributed by atoms with E-state index in [9.17, 15) is 9.59 Å². The molecule has 1 saturated heterocycles. The van der Waals surface area contributed by atoms with Gasteiger partial charge >= 0.3 is 12.0 Å². The number of nitrogens with one attached hydrogen (secondary N) is 2. The van der Waals surface area contributed by atoms with Crippen LogP contribution < -0.4 is 10.6 Å². The molecule has 98 valence electrons. The van der Waals surface area contributed by atoms with Gasteiger partial charge in [-0.05, 0) is 45.8 Å². The maximum atomic E-state index is 11.4. The number of amides is 2. The zero-order chi connectivity index (χ0) is 12.8. The smallest absolute Gasteiger partial charge is 0.325 e. The summed E-state index contributed by atoms with van der Waals surface area (Å²) in [5.74, 6) is -0.531. The quantitative estimate of drug-likeness (QED) is 0.654. The van der Waals surface area contributed by atoms with E-state index in [1.54, 1.807) is 0 Å². The first-order valence-electron chi connectivity index (χ1n) is 5.94. The number of likely N-dealkylation sites (tertiary alicyclic amines) is 1. The van der Waals surface area contributed by atoms with Crippen LogP contribution in [0.4, 0.5) is 4.79 Å². The molecule has 2 amide bonds. The molecular weight excluding hydrogens is 222 g/mol. The van der Waals surface area contributed by atoms with Crippen molar-refractivity contribution < 1.29 is 14.7 Å². The third-order valence-corrected chi connectivity index (χ3v) is 3.11. The molecule has 1 atom stereocenters. The van der Waals surface area contributed by atoms with Crippen molar-refractivity contribution in [2.75, 3.05) is 26.7 Å². The fourth-order valence-electron chi connectivity index (χ4n) is 1.81. The molecule has 3 N–H and O–H groups in total. The Hall–Kier alpha value is -1.30. The molecule has 0 bridgehead atoms. The molecule has 6 nitrogen and oxygen atoms in total. The Labute approximate surface area is 101 Å². The van der Waals surface area contributed by atoms with Gasteiger partial charge in [-0.15, -0.1) is 0 Å². The van der Waals surface area contributed by atoms with Crippen LogP contribution in [0.1, 0.15) is 19.8 Å². The Morgan fingerprint density at radius 1 is 1.41 bits per heavy atom. The standard InChI is InChI=1S/C11H21N3O3/c1-8(10(15)16)13-11(17)12-7-9-3-5-14(2)6-4-9/h8-9H,3-7H2,1-2H3,(H,15,16)(H2,12,13,17)/t8-/m1/s1. The maximum absolute atomic E-state index is 11.4. The van der Waals surface area contributed by atoms with E-state index in [0.717, 1.165) is 25.9 Å². The molecular formula is C11H21N3O3. The second kappa shape index (κ2) is 6.44. The van der Waals surface area contributed by atoms with E-state index in [2.05, 4.69) is 22.6 Å². The fourth-order valence-corrected chi connectivity index (χ4v) is 1.81. The van der Waals surface area contributed by atoms with Crippen LogP contribution >= 0.6 is 0 Å². The highest BCUT2D eigenvalue weighted by Crippen LogP contribution is 2.14. The molecule has 1 aliphatic heterocycles. The number of hydrogen-bond acceptors (Lipinski definition) is 3. The summed E-state index contributed by atoms with van der Waals surface area (Å²) < 4.78 is 0. The van der Waals surface area contributed by atoms with E-state index in [4.69, 9.17) is 5.11 Å². The van der Waals surface area contributed by atoms with Gasteiger partial charge in [0, 0.05) is 6.54 Å². The molecule has 1 aliphatic rings. The molecule has 0 aromatic carbocycles. The first kappa shape index (κ1) is 13.8. The summed E-state index contributed by atoms with van der Waals surface area (Å²) >= 11 is 0. The highest BCUT2D eigenvalue weighted by atomic mass is 16.4. The molecule has 0 aliphatic carbocycles. The molecule has 17 heavy (non-hydrogen) atoms. The van der Waals surface area contributed by atoms with Crippen molar-refractivity contribution in [3.63, 3.8) is 0 Å². The number of aliphatic carboxylic acids is 1. The Bertz CT molecular complexity index is 275. The van der Waals surface area contributed by atoms with Crippen molar-refractivity contribution in [2.45, 2.75) is 25.8 Å². The summed E-state index contributed by atoms with van der Waals surface area (Å²) in [6, 6.07) is -1.26. The second-order valence-corrected chi connectivity index (χ2v) is 4.66. The number of carboxylic acid groups (broad SMARTS) is 1. The van der Waals surface area contributed by atoms with Gasteiger partial charge in [0.15, 0.2) is 0 Å². The minimum absolute atomic E-state index is 0.404. The Kier molecular flexibility index (Phi) is 5.21. The Morgan fingerprint density at radius 2 is 2.00 bits per heavy atom. The number of carbonyl (C=O) groups is 2. The summed E-state index contributed by atoms with van der Waals surface area (Å²) in [5.41, 5.74) is 0. The van der Waals surface area contributed by atoms with Gasteiger partial charge in [0.25, 0.3) is 0 Å². The van der Waals surface area contributed by atoms with Gasteiger partial charge in [-0.25, -0.2) is 4.79 Å². The lowest BCUT2D eigenvalue weighted by molar-refractivity contribution is -0.138. The first-order chi connectivity index (χ1) is 7.99. The molecule has 0 spiro atoms. The molecule has 1 fully saturated rings. The lowest BCUT2D eigenvalue weighted by atomic mass is 9.97. The number of rotatable bonds is 4. The maximum Gasteiger partial charge on any atom is 0.325 e. The molecule has 0 saturated carbocycles. The van der Waals surface area contributed by atoms with Gasteiger partial charge in [-0.3, -0.25) is 4.79 Å². The van der Waals surface area contributed by atoms with Crippen molar-refractivity contribution in [3.05, 3.63) is 0 Å². The van der Waals surface area contributed by atoms with Crippen LogP contribution in [0.3, 0.4) is 0 Å². The van der Waals surface area contributed by atoms with Crippen LogP contribution in [0.5, 0.6) is 0 Å². The lowest BCUT2D eigenvalue weighted by Gasteiger charge is -2.29. The highest BCUT2D eigenvalue weighted by molar-refractivity contribution is 5.82. The van der Waals surface area contributed by atoms with E-state index in [0.29, 0.717) is 12.5 Å². The van der Waals surface area contributed by atoms with Crippen LogP contribution in [0, 0.1) is 5.92 Å². The number of carboxylic acids is 1. The van der Waals surface area contributed by atoms with E-state index in [-0.39, 0.29) is 0 Å². The summed E-state index contributed by atoms with van der Waals surface area (Å²) in [4.78, 5) is 24.2. The number of nitrogens with zero attached hydrogens (tertiary/aromatic N) is 1. The molecule has 0 aromatic rings. The third kappa shape index (κ3) is 5.04. The Balaban J connectivity index is 2.17. The van der Waals surface area contributed by atoms with Gasteiger partial charge in [0.2, 0.25) is 0 Å². The molecule has 6 heteroatoms. The van der Waals surface area contributed by atoms with Gasteiger partial charge in [0.05, 0.1) is 0 Å². The SMILES string of the molecule is C[C@@H](NC(=O)NCC1CCN(C)CC1)C(=O)O. The van der Waals surface area contributed by atoms with Crippen molar-refractivity contribution in [2.24, 2.45) is 5.92 Å². The van der Waals surface area contributed by atoms with Gasteiger partial charge < -0.3 is 20.6 Å². The largest absolute Gasteiger partial charge is 0.480 e. The third-order valence-electron chi connectivity index (χ3n) is 3.11. The number of carbonyl (C=O) groups excluding carboxylic acids is 1. The highest BCUT2D eigenvalue weighted by Gasteiger charge is 2.18.